The van der Waals surface area contributed by atoms with E-state index in [9.17, 15) is 13.2 Å². The van der Waals surface area contributed by atoms with Crippen LogP contribution < -0.4 is 14.8 Å². The van der Waals surface area contributed by atoms with Gasteiger partial charge in [0.05, 0.1) is 17.6 Å². The molecule has 9 heteroatoms. The number of nitrogens with zero attached hydrogens (tertiary/aromatic N) is 1. The van der Waals surface area contributed by atoms with Crippen molar-refractivity contribution in [2.75, 3.05) is 18.4 Å². The summed E-state index contributed by atoms with van der Waals surface area (Å²) in [5.41, 5.74) is 0.961. The Bertz CT molecular complexity index is 1130. The molecule has 7 nitrogen and oxygen atoms in total. The number of amides is 1. The van der Waals surface area contributed by atoms with E-state index in [2.05, 4.69) is 15.0 Å². The number of aromatic nitrogens is 1. The van der Waals surface area contributed by atoms with Crippen molar-refractivity contribution in [3.05, 3.63) is 72.4 Å². The molecule has 0 saturated heterocycles. The van der Waals surface area contributed by atoms with Gasteiger partial charge in [0, 0.05) is 29.4 Å². The second kappa shape index (κ2) is 10.3. The minimum Gasteiger partial charge on any atom is -0.497 e. The molecule has 1 heterocycles. The van der Waals surface area contributed by atoms with Gasteiger partial charge in [-0.15, -0.1) is 0 Å². The van der Waals surface area contributed by atoms with Crippen molar-refractivity contribution in [2.24, 2.45) is 0 Å². The van der Waals surface area contributed by atoms with E-state index in [4.69, 9.17) is 4.74 Å². The summed E-state index contributed by atoms with van der Waals surface area (Å²) in [7, 11) is -2.24. The molecule has 3 aromatic rings. The highest BCUT2D eigenvalue weighted by Crippen LogP contribution is 2.28. The third-order valence-corrected chi connectivity index (χ3v) is 6.55. The molecule has 0 spiro atoms. The summed E-state index contributed by atoms with van der Waals surface area (Å²) in [5.74, 6) is 0.328. The predicted molar refractivity (Wildman–Crippen MR) is 121 cm³/mol. The molecule has 1 amide bonds. The van der Waals surface area contributed by atoms with E-state index in [1.807, 2.05) is 6.92 Å². The topological polar surface area (TPSA) is 97.4 Å². The van der Waals surface area contributed by atoms with Crippen LogP contribution in [-0.4, -0.2) is 33.0 Å². The predicted octanol–water partition coefficient (Wildman–Crippen LogP) is 4.18. The zero-order valence-electron chi connectivity index (χ0n) is 17.2. The number of hydrogen-bond donors (Lipinski definition) is 2. The number of nitrogens with one attached hydrogen (secondary N) is 2. The maximum atomic E-state index is 12.6. The van der Waals surface area contributed by atoms with E-state index in [1.54, 1.807) is 54.7 Å². The third kappa shape index (κ3) is 6.22. The van der Waals surface area contributed by atoms with Crippen molar-refractivity contribution in [1.82, 2.24) is 10.3 Å². The maximum Gasteiger partial charge on any atom is 0.262 e. The second-order valence-electron chi connectivity index (χ2n) is 6.55. The number of rotatable bonds is 9. The first-order valence-corrected chi connectivity index (χ1v) is 11.9. The fourth-order valence-electron chi connectivity index (χ4n) is 2.61. The number of hydrogen-bond acceptors (Lipinski definition) is 6. The van der Waals surface area contributed by atoms with Crippen LogP contribution in [0.15, 0.2) is 81.7 Å². The van der Waals surface area contributed by atoms with Gasteiger partial charge in [-0.25, -0.2) is 13.4 Å². The summed E-state index contributed by atoms with van der Waals surface area (Å²) in [5, 5.41) is 3.55. The Kier molecular flexibility index (Phi) is 7.54. The first kappa shape index (κ1) is 22.6. The standard InChI is InChI=1S/C22H23N3O4S2/c1-3-13-23-22(26)16-7-12-21(24-15-16)30-19-10-8-17(9-11-19)25-31(27,28)20-6-4-5-18(14-20)29-2/h4-12,14-15,25H,3,13H2,1-2H3,(H,23,26). The molecule has 0 aliphatic rings. The number of carbonyl (C=O) groups excluding carboxylic acids is 1. The van der Waals surface area contributed by atoms with Crippen LogP contribution in [0, 0.1) is 0 Å². The van der Waals surface area contributed by atoms with Gasteiger partial charge in [0.1, 0.15) is 10.8 Å². The number of sulfonamides is 1. The first-order valence-electron chi connectivity index (χ1n) is 9.60. The number of anilines is 1. The smallest absolute Gasteiger partial charge is 0.262 e. The summed E-state index contributed by atoms with van der Waals surface area (Å²) in [6, 6.07) is 16.8. The zero-order chi connectivity index (χ0) is 22.3. The van der Waals surface area contributed by atoms with Crippen molar-refractivity contribution < 1.29 is 17.9 Å². The van der Waals surface area contributed by atoms with E-state index in [0.717, 1.165) is 16.3 Å². The van der Waals surface area contributed by atoms with Crippen LogP contribution >= 0.6 is 11.8 Å². The van der Waals surface area contributed by atoms with Gasteiger partial charge >= 0.3 is 0 Å². The van der Waals surface area contributed by atoms with Crippen LogP contribution in [0.5, 0.6) is 5.75 Å². The Morgan fingerprint density at radius 3 is 2.52 bits per heavy atom. The number of benzene rings is 2. The lowest BCUT2D eigenvalue weighted by molar-refractivity contribution is 0.0953. The summed E-state index contributed by atoms with van der Waals surface area (Å²) in [4.78, 5) is 17.3. The van der Waals surface area contributed by atoms with Crippen LogP contribution in [-0.2, 0) is 10.0 Å². The number of methoxy groups -OCH3 is 1. The average molecular weight is 458 g/mol. The van der Waals surface area contributed by atoms with Crippen molar-refractivity contribution in [1.29, 1.82) is 0 Å². The minimum atomic E-state index is -3.72. The normalized spacial score (nSPS) is 11.0. The lowest BCUT2D eigenvalue weighted by Gasteiger charge is -2.10. The highest BCUT2D eigenvalue weighted by atomic mass is 32.2. The quantitative estimate of drug-likeness (QED) is 0.500. The average Bonchev–Trinajstić information content (AvgIpc) is 2.79. The lowest BCUT2D eigenvalue weighted by Crippen LogP contribution is -2.23. The Labute approximate surface area is 186 Å². The van der Waals surface area contributed by atoms with E-state index < -0.39 is 10.0 Å². The largest absolute Gasteiger partial charge is 0.497 e. The van der Waals surface area contributed by atoms with Crippen molar-refractivity contribution in [3.63, 3.8) is 0 Å². The van der Waals surface area contributed by atoms with Gasteiger partial charge in [0.25, 0.3) is 15.9 Å². The Hall–Kier alpha value is -3.04. The molecular weight excluding hydrogens is 434 g/mol. The summed E-state index contributed by atoms with van der Waals surface area (Å²) in [6.45, 7) is 2.62. The molecule has 0 bridgehead atoms. The molecule has 0 atom stereocenters. The van der Waals surface area contributed by atoms with Crippen LogP contribution in [0.1, 0.15) is 23.7 Å². The molecule has 0 radical (unpaired) electrons. The lowest BCUT2D eigenvalue weighted by atomic mass is 10.2. The van der Waals surface area contributed by atoms with Crippen LogP contribution in [0.2, 0.25) is 0 Å². The number of ether oxygens (including phenoxy) is 1. The van der Waals surface area contributed by atoms with Crippen LogP contribution in [0.3, 0.4) is 0 Å². The molecule has 0 aliphatic heterocycles. The maximum absolute atomic E-state index is 12.6. The first-order chi connectivity index (χ1) is 14.9. The van der Waals surface area contributed by atoms with Crippen LogP contribution in [0.25, 0.3) is 0 Å². The van der Waals surface area contributed by atoms with Gasteiger partial charge in [0.15, 0.2) is 0 Å². The molecule has 0 aliphatic carbocycles. The SMILES string of the molecule is CCCNC(=O)c1ccc(Sc2ccc(NS(=O)(=O)c3cccc(OC)c3)cc2)nc1. The van der Waals surface area contributed by atoms with Gasteiger partial charge in [-0.1, -0.05) is 24.8 Å². The van der Waals surface area contributed by atoms with Gasteiger partial charge in [0.2, 0.25) is 0 Å². The van der Waals surface area contributed by atoms with Crippen LogP contribution in [0.4, 0.5) is 5.69 Å². The molecule has 1 aromatic heterocycles. The molecule has 2 aromatic carbocycles. The zero-order valence-corrected chi connectivity index (χ0v) is 18.8. The van der Waals surface area contributed by atoms with E-state index in [1.165, 1.54) is 31.0 Å². The van der Waals surface area contributed by atoms with E-state index in [-0.39, 0.29) is 10.8 Å². The number of carbonyl (C=O) groups is 1. The molecular formula is C22H23N3O4S2. The molecule has 162 valence electrons. The minimum absolute atomic E-state index is 0.123. The van der Waals surface area contributed by atoms with Gasteiger partial charge in [-0.3, -0.25) is 9.52 Å². The highest BCUT2D eigenvalue weighted by molar-refractivity contribution is 7.99. The van der Waals surface area contributed by atoms with Gasteiger partial charge in [-0.2, -0.15) is 0 Å². The molecule has 31 heavy (non-hydrogen) atoms. The molecule has 2 N–H and O–H groups in total. The Balaban J connectivity index is 1.64. The number of pyridine rings is 1. The monoisotopic (exact) mass is 457 g/mol. The van der Waals surface area contributed by atoms with Gasteiger partial charge < -0.3 is 10.1 Å². The fraction of sp³-hybridized carbons (Fsp3) is 0.182. The summed E-state index contributed by atoms with van der Waals surface area (Å²) in [6.07, 6.45) is 2.42. The Morgan fingerprint density at radius 2 is 1.87 bits per heavy atom. The third-order valence-electron chi connectivity index (χ3n) is 4.21. The van der Waals surface area contributed by atoms with E-state index in [0.29, 0.717) is 23.5 Å². The molecule has 0 fully saturated rings. The molecule has 0 unspecified atom stereocenters. The molecule has 3 rings (SSSR count). The van der Waals surface area contributed by atoms with E-state index >= 15 is 0 Å². The second-order valence-corrected chi connectivity index (χ2v) is 9.33. The summed E-state index contributed by atoms with van der Waals surface area (Å²) >= 11 is 1.42. The van der Waals surface area contributed by atoms with Gasteiger partial charge in [-0.05, 0) is 55.0 Å². The fourth-order valence-corrected chi connectivity index (χ4v) is 4.46. The van der Waals surface area contributed by atoms with Crippen molar-refractivity contribution in [3.8, 4) is 5.75 Å². The highest BCUT2D eigenvalue weighted by Gasteiger charge is 2.15. The van der Waals surface area contributed by atoms with Crippen molar-refractivity contribution in [2.45, 2.75) is 28.2 Å². The summed E-state index contributed by atoms with van der Waals surface area (Å²) < 4.78 is 32.8. The Morgan fingerprint density at radius 1 is 1.10 bits per heavy atom. The molecule has 0 saturated carbocycles. The van der Waals surface area contributed by atoms with Crippen molar-refractivity contribution >= 4 is 33.4 Å².